The van der Waals surface area contributed by atoms with Crippen LogP contribution in [-0.4, -0.2) is 16.1 Å². The molecule has 0 unspecified atom stereocenters. The highest BCUT2D eigenvalue weighted by Gasteiger charge is 2.11. The van der Waals surface area contributed by atoms with Crippen molar-refractivity contribution in [3.8, 4) is 11.3 Å². The van der Waals surface area contributed by atoms with Crippen molar-refractivity contribution >= 4 is 6.29 Å². The van der Waals surface area contributed by atoms with Crippen LogP contribution in [0.1, 0.15) is 30.4 Å². The maximum absolute atomic E-state index is 12.9. The zero-order valence-electron chi connectivity index (χ0n) is 9.72. The predicted octanol–water partition coefficient (Wildman–Crippen LogP) is 3.08. The zero-order chi connectivity index (χ0) is 12.4. The molecule has 0 aliphatic carbocycles. The summed E-state index contributed by atoms with van der Waals surface area (Å²) < 4.78 is 14.6. The van der Waals surface area contributed by atoms with E-state index in [0.717, 1.165) is 11.3 Å². The quantitative estimate of drug-likeness (QED) is 0.762. The van der Waals surface area contributed by atoms with Crippen molar-refractivity contribution in [3.63, 3.8) is 0 Å². The summed E-state index contributed by atoms with van der Waals surface area (Å²) >= 11 is 0. The molecule has 0 spiro atoms. The fourth-order valence-electron chi connectivity index (χ4n) is 1.70. The van der Waals surface area contributed by atoms with Crippen LogP contribution in [0.5, 0.6) is 0 Å². The first-order chi connectivity index (χ1) is 8.11. The SMILES string of the molecule is CC(C)n1nc(C=O)cc1-c1ccc(F)cc1. The molecule has 0 amide bonds. The summed E-state index contributed by atoms with van der Waals surface area (Å²) in [6, 6.07) is 8.00. The number of carbonyl (C=O) groups excluding carboxylic acids is 1. The number of benzene rings is 1. The minimum atomic E-state index is -0.278. The molecule has 0 atom stereocenters. The third-order valence-electron chi connectivity index (χ3n) is 2.50. The Balaban J connectivity index is 2.53. The van der Waals surface area contributed by atoms with Gasteiger partial charge in [-0.05, 0) is 44.2 Å². The number of hydrogen-bond acceptors (Lipinski definition) is 2. The van der Waals surface area contributed by atoms with Crippen molar-refractivity contribution in [1.29, 1.82) is 0 Å². The Morgan fingerprint density at radius 2 is 1.94 bits per heavy atom. The van der Waals surface area contributed by atoms with Gasteiger partial charge in [0.15, 0.2) is 6.29 Å². The summed E-state index contributed by atoms with van der Waals surface area (Å²) in [4.78, 5) is 10.7. The molecule has 0 aliphatic heterocycles. The number of hydrogen-bond donors (Lipinski definition) is 0. The lowest BCUT2D eigenvalue weighted by Gasteiger charge is -2.10. The van der Waals surface area contributed by atoms with Gasteiger partial charge in [0.05, 0.1) is 5.69 Å². The highest BCUT2D eigenvalue weighted by molar-refractivity contribution is 5.75. The van der Waals surface area contributed by atoms with Crippen molar-refractivity contribution < 1.29 is 9.18 Å². The van der Waals surface area contributed by atoms with E-state index in [0.29, 0.717) is 12.0 Å². The lowest BCUT2D eigenvalue weighted by molar-refractivity contribution is 0.111. The van der Waals surface area contributed by atoms with Gasteiger partial charge >= 0.3 is 0 Å². The Labute approximate surface area is 98.9 Å². The molecule has 2 rings (SSSR count). The summed E-state index contributed by atoms with van der Waals surface area (Å²) in [6.45, 7) is 3.96. The predicted molar refractivity (Wildman–Crippen MR) is 63.4 cm³/mol. The molecule has 0 saturated carbocycles. The van der Waals surface area contributed by atoms with E-state index in [9.17, 15) is 9.18 Å². The van der Waals surface area contributed by atoms with Crippen LogP contribution in [-0.2, 0) is 0 Å². The Bertz CT molecular complexity index is 529. The summed E-state index contributed by atoms with van der Waals surface area (Å²) in [5, 5.41) is 4.18. The first kappa shape index (κ1) is 11.5. The Kier molecular flexibility index (Phi) is 3.04. The van der Waals surface area contributed by atoms with E-state index in [-0.39, 0.29) is 11.9 Å². The molecular weight excluding hydrogens is 219 g/mol. The number of nitrogens with zero attached hydrogens (tertiary/aromatic N) is 2. The van der Waals surface area contributed by atoms with Crippen molar-refractivity contribution in [3.05, 3.63) is 41.8 Å². The maximum atomic E-state index is 12.9. The smallest absolute Gasteiger partial charge is 0.170 e. The lowest BCUT2D eigenvalue weighted by atomic mass is 10.1. The molecule has 4 heteroatoms. The van der Waals surface area contributed by atoms with Gasteiger partial charge in [0, 0.05) is 11.6 Å². The third kappa shape index (κ3) is 2.25. The Morgan fingerprint density at radius 1 is 1.29 bits per heavy atom. The Morgan fingerprint density at radius 3 is 2.47 bits per heavy atom. The third-order valence-corrected chi connectivity index (χ3v) is 2.50. The molecule has 0 radical (unpaired) electrons. The largest absolute Gasteiger partial charge is 0.296 e. The first-order valence-electron chi connectivity index (χ1n) is 5.42. The number of aromatic nitrogens is 2. The van der Waals surface area contributed by atoms with Crippen LogP contribution in [0, 0.1) is 5.82 Å². The van der Waals surface area contributed by atoms with Crippen LogP contribution < -0.4 is 0 Å². The second-order valence-electron chi connectivity index (χ2n) is 4.12. The van der Waals surface area contributed by atoms with Gasteiger partial charge in [0.2, 0.25) is 0 Å². The van der Waals surface area contributed by atoms with E-state index >= 15 is 0 Å². The second-order valence-corrected chi connectivity index (χ2v) is 4.12. The van der Waals surface area contributed by atoms with E-state index in [2.05, 4.69) is 5.10 Å². The van der Waals surface area contributed by atoms with E-state index in [1.165, 1.54) is 12.1 Å². The van der Waals surface area contributed by atoms with Gasteiger partial charge in [-0.15, -0.1) is 0 Å². The molecule has 1 aromatic heterocycles. The van der Waals surface area contributed by atoms with Crippen LogP contribution in [0.3, 0.4) is 0 Å². The normalized spacial score (nSPS) is 10.8. The average Bonchev–Trinajstić information content (AvgIpc) is 2.74. The van der Waals surface area contributed by atoms with E-state index < -0.39 is 0 Å². The van der Waals surface area contributed by atoms with Crippen LogP contribution in [0.25, 0.3) is 11.3 Å². The molecule has 0 bridgehead atoms. The van der Waals surface area contributed by atoms with Crippen LogP contribution in [0.15, 0.2) is 30.3 Å². The number of rotatable bonds is 3. The topological polar surface area (TPSA) is 34.9 Å². The average molecular weight is 232 g/mol. The molecule has 0 aliphatic rings. The molecule has 3 nitrogen and oxygen atoms in total. The van der Waals surface area contributed by atoms with Gasteiger partial charge in [0.1, 0.15) is 11.5 Å². The summed E-state index contributed by atoms with van der Waals surface area (Å²) in [5.41, 5.74) is 2.06. The van der Waals surface area contributed by atoms with E-state index in [1.54, 1.807) is 22.9 Å². The Hall–Kier alpha value is -1.97. The maximum Gasteiger partial charge on any atom is 0.170 e. The molecule has 1 aromatic carbocycles. The molecule has 0 saturated heterocycles. The molecular formula is C13H13FN2O. The minimum absolute atomic E-state index is 0.142. The van der Waals surface area contributed by atoms with Gasteiger partial charge in [-0.1, -0.05) is 0 Å². The molecule has 0 N–H and O–H groups in total. The fourth-order valence-corrected chi connectivity index (χ4v) is 1.70. The highest BCUT2D eigenvalue weighted by atomic mass is 19.1. The first-order valence-corrected chi connectivity index (χ1v) is 5.42. The molecule has 17 heavy (non-hydrogen) atoms. The summed E-state index contributed by atoms with van der Waals surface area (Å²) in [7, 11) is 0. The van der Waals surface area contributed by atoms with Gasteiger partial charge < -0.3 is 0 Å². The number of aldehydes is 1. The van der Waals surface area contributed by atoms with E-state index in [1.807, 2.05) is 13.8 Å². The molecule has 1 heterocycles. The van der Waals surface area contributed by atoms with Crippen LogP contribution in [0.2, 0.25) is 0 Å². The van der Waals surface area contributed by atoms with Crippen molar-refractivity contribution in [2.45, 2.75) is 19.9 Å². The standard InChI is InChI=1S/C13H13FN2O/c1-9(2)16-13(7-12(8-17)15-16)10-3-5-11(14)6-4-10/h3-9H,1-2H3. The monoisotopic (exact) mass is 232 g/mol. The van der Waals surface area contributed by atoms with Gasteiger partial charge in [-0.2, -0.15) is 5.10 Å². The summed E-state index contributed by atoms with van der Waals surface area (Å²) in [6.07, 6.45) is 0.714. The number of carbonyl (C=O) groups is 1. The fraction of sp³-hybridized carbons (Fsp3) is 0.231. The van der Waals surface area contributed by atoms with Gasteiger partial charge in [-0.25, -0.2) is 4.39 Å². The van der Waals surface area contributed by atoms with Gasteiger partial charge in [0.25, 0.3) is 0 Å². The lowest BCUT2D eigenvalue weighted by Crippen LogP contribution is -2.05. The molecule has 0 fully saturated rings. The van der Waals surface area contributed by atoms with Gasteiger partial charge in [-0.3, -0.25) is 9.48 Å². The molecule has 2 aromatic rings. The van der Waals surface area contributed by atoms with Crippen molar-refractivity contribution in [1.82, 2.24) is 9.78 Å². The summed E-state index contributed by atoms with van der Waals surface area (Å²) in [5.74, 6) is -0.278. The molecule has 88 valence electrons. The van der Waals surface area contributed by atoms with E-state index in [4.69, 9.17) is 0 Å². The number of halogens is 1. The van der Waals surface area contributed by atoms with Crippen LogP contribution in [0.4, 0.5) is 4.39 Å². The van der Waals surface area contributed by atoms with Crippen molar-refractivity contribution in [2.75, 3.05) is 0 Å². The second kappa shape index (κ2) is 4.49. The van der Waals surface area contributed by atoms with Crippen molar-refractivity contribution in [2.24, 2.45) is 0 Å². The highest BCUT2D eigenvalue weighted by Crippen LogP contribution is 2.23. The zero-order valence-corrected chi connectivity index (χ0v) is 9.72. The minimum Gasteiger partial charge on any atom is -0.296 e. The van der Waals surface area contributed by atoms with Crippen LogP contribution >= 0.6 is 0 Å².